The summed E-state index contributed by atoms with van der Waals surface area (Å²) in [6.45, 7) is 0. The van der Waals surface area contributed by atoms with Crippen LogP contribution in [0.5, 0.6) is 0 Å². The van der Waals surface area contributed by atoms with E-state index in [-0.39, 0.29) is 0 Å². The monoisotopic (exact) mass is 205 g/mol. The zero-order chi connectivity index (χ0) is 10.7. The van der Waals surface area contributed by atoms with Crippen LogP contribution in [0.25, 0.3) is 0 Å². The number of para-hydroxylation sites is 2. The fourth-order valence-electron chi connectivity index (χ4n) is 2.11. The van der Waals surface area contributed by atoms with Crippen molar-refractivity contribution >= 4 is 11.4 Å². The van der Waals surface area contributed by atoms with Crippen LogP contribution in [0.2, 0.25) is 0 Å². The molecule has 1 aliphatic rings. The molecular formula is C12H19N3. The lowest BCUT2D eigenvalue weighted by Gasteiger charge is -2.28. The van der Waals surface area contributed by atoms with Crippen molar-refractivity contribution in [2.24, 2.45) is 5.73 Å². The van der Waals surface area contributed by atoms with E-state index in [0.717, 1.165) is 37.1 Å². The Labute approximate surface area is 90.8 Å². The molecule has 0 atom stereocenters. The van der Waals surface area contributed by atoms with Crippen LogP contribution in [0, 0.1) is 0 Å². The van der Waals surface area contributed by atoms with Gasteiger partial charge in [-0.15, -0.1) is 0 Å². The van der Waals surface area contributed by atoms with E-state index in [1.165, 1.54) is 0 Å². The van der Waals surface area contributed by atoms with Gasteiger partial charge in [0.2, 0.25) is 0 Å². The molecule has 1 aromatic carbocycles. The van der Waals surface area contributed by atoms with E-state index in [4.69, 9.17) is 11.5 Å². The van der Waals surface area contributed by atoms with Gasteiger partial charge in [-0.05, 0) is 37.8 Å². The van der Waals surface area contributed by atoms with E-state index in [2.05, 4.69) is 5.32 Å². The van der Waals surface area contributed by atoms with E-state index in [9.17, 15) is 0 Å². The van der Waals surface area contributed by atoms with E-state index in [0.29, 0.717) is 12.1 Å². The summed E-state index contributed by atoms with van der Waals surface area (Å²) < 4.78 is 0. The normalized spacial score (nSPS) is 26.2. The SMILES string of the molecule is Nc1ccccc1N[C@H]1CC[C@H](N)CC1. The van der Waals surface area contributed by atoms with E-state index < -0.39 is 0 Å². The lowest BCUT2D eigenvalue weighted by molar-refractivity contribution is 0.411. The summed E-state index contributed by atoms with van der Waals surface area (Å²) in [5.41, 5.74) is 13.6. The largest absolute Gasteiger partial charge is 0.397 e. The van der Waals surface area contributed by atoms with Crippen molar-refractivity contribution in [2.75, 3.05) is 11.1 Å². The van der Waals surface area contributed by atoms with E-state index in [1.807, 2.05) is 24.3 Å². The van der Waals surface area contributed by atoms with Crippen molar-refractivity contribution in [1.29, 1.82) is 0 Å². The third-order valence-corrected chi connectivity index (χ3v) is 3.09. The fourth-order valence-corrected chi connectivity index (χ4v) is 2.11. The molecule has 1 saturated carbocycles. The molecule has 1 fully saturated rings. The van der Waals surface area contributed by atoms with Gasteiger partial charge in [0.05, 0.1) is 11.4 Å². The molecule has 0 bridgehead atoms. The number of benzene rings is 1. The first kappa shape index (κ1) is 10.3. The summed E-state index contributed by atoms with van der Waals surface area (Å²) in [6.07, 6.45) is 4.53. The summed E-state index contributed by atoms with van der Waals surface area (Å²) in [4.78, 5) is 0. The quantitative estimate of drug-likeness (QED) is 0.647. The first-order valence-corrected chi connectivity index (χ1v) is 5.62. The maximum absolute atomic E-state index is 5.88. The molecule has 0 heterocycles. The van der Waals surface area contributed by atoms with Gasteiger partial charge in [0.15, 0.2) is 0 Å². The van der Waals surface area contributed by atoms with Gasteiger partial charge in [-0.3, -0.25) is 0 Å². The van der Waals surface area contributed by atoms with Crippen molar-refractivity contribution in [2.45, 2.75) is 37.8 Å². The Morgan fingerprint density at radius 2 is 1.73 bits per heavy atom. The fraction of sp³-hybridized carbons (Fsp3) is 0.500. The highest BCUT2D eigenvalue weighted by Gasteiger charge is 2.18. The minimum Gasteiger partial charge on any atom is -0.397 e. The molecule has 0 amide bonds. The molecule has 0 unspecified atom stereocenters. The topological polar surface area (TPSA) is 64.1 Å². The molecular weight excluding hydrogens is 186 g/mol. The maximum atomic E-state index is 5.88. The summed E-state index contributed by atoms with van der Waals surface area (Å²) in [6, 6.07) is 8.86. The Kier molecular flexibility index (Phi) is 3.11. The van der Waals surface area contributed by atoms with Gasteiger partial charge in [-0.25, -0.2) is 0 Å². The number of rotatable bonds is 2. The van der Waals surface area contributed by atoms with Crippen molar-refractivity contribution < 1.29 is 0 Å². The van der Waals surface area contributed by atoms with Crippen LogP contribution in [-0.2, 0) is 0 Å². The van der Waals surface area contributed by atoms with Gasteiger partial charge in [-0.1, -0.05) is 12.1 Å². The summed E-state index contributed by atoms with van der Waals surface area (Å²) in [5.74, 6) is 0. The van der Waals surface area contributed by atoms with Crippen molar-refractivity contribution in [3.8, 4) is 0 Å². The highest BCUT2D eigenvalue weighted by atomic mass is 14.9. The smallest absolute Gasteiger partial charge is 0.0576 e. The molecule has 1 aliphatic carbocycles. The average molecular weight is 205 g/mol. The highest BCUT2D eigenvalue weighted by molar-refractivity contribution is 5.65. The third kappa shape index (κ3) is 2.63. The predicted molar refractivity (Wildman–Crippen MR) is 64.7 cm³/mol. The Balaban J connectivity index is 1.95. The molecule has 82 valence electrons. The van der Waals surface area contributed by atoms with Gasteiger partial charge in [-0.2, -0.15) is 0 Å². The van der Waals surface area contributed by atoms with Crippen LogP contribution >= 0.6 is 0 Å². The molecule has 15 heavy (non-hydrogen) atoms. The highest BCUT2D eigenvalue weighted by Crippen LogP contribution is 2.24. The maximum Gasteiger partial charge on any atom is 0.0576 e. The second-order valence-corrected chi connectivity index (χ2v) is 4.34. The van der Waals surface area contributed by atoms with Gasteiger partial charge < -0.3 is 16.8 Å². The van der Waals surface area contributed by atoms with Crippen LogP contribution in [0.15, 0.2) is 24.3 Å². The van der Waals surface area contributed by atoms with Gasteiger partial charge in [0, 0.05) is 12.1 Å². The van der Waals surface area contributed by atoms with Crippen molar-refractivity contribution in [3.63, 3.8) is 0 Å². The Morgan fingerprint density at radius 3 is 2.40 bits per heavy atom. The molecule has 2 rings (SSSR count). The Bertz CT molecular complexity index is 316. The minimum absolute atomic E-state index is 0.399. The lowest BCUT2D eigenvalue weighted by atomic mass is 9.91. The average Bonchev–Trinajstić information content (AvgIpc) is 2.25. The predicted octanol–water partition coefficient (Wildman–Crippen LogP) is 1.95. The van der Waals surface area contributed by atoms with Crippen LogP contribution in [0.4, 0.5) is 11.4 Å². The number of hydrogen-bond donors (Lipinski definition) is 3. The minimum atomic E-state index is 0.399. The molecule has 5 N–H and O–H groups in total. The molecule has 0 radical (unpaired) electrons. The standard InChI is InChI=1S/C12H19N3/c13-9-5-7-10(8-6-9)15-12-4-2-1-3-11(12)14/h1-4,9-10,15H,5-8,13-14H2/t9-,10-. The zero-order valence-corrected chi connectivity index (χ0v) is 8.95. The van der Waals surface area contributed by atoms with Gasteiger partial charge in [0.25, 0.3) is 0 Å². The van der Waals surface area contributed by atoms with Crippen LogP contribution in [0.1, 0.15) is 25.7 Å². The Hall–Kier alpha value is -1.22. The summed E-state index contributed by atoms with van der Waals surface area (Å²) in [5, 5.41) is 3.49. The first-order chi connectivity index (χ1) is 7.25. The number of hydrogen-bond acceptors (Lipinski definition) is 3. The zero-order valence-electron chi connectivity index (χ0n) is 8.95. The third-order valence-electron chi connectivity index (χ3n) is 3.09. The number of nitrogens with one attached hydrogen (secondary N) is 1. The van der Waals surface area contributed by atoms with E-state index in [1.54, 1.807) is 0 Å². The van der Waals surface area contributed by atoms with Crippen molar-refractivity contribution in [3.05, 3.63) is 24.3 Å². The second kappa shape index (κ2) is 4.53. The molecule has 0 saturated heterocycles. The molecule has 0 aromatic heterocycles. The number of nitrogens with two attached hydrogens (primary N) is 2. The first-order valence-electron chi connectivity index (χ1n) is 5.62. The molecule has 1 aromatic rings. The second-order valence-electron chi connectivity index (χ2n) is 4.34. The van der Waals surface area contributed by atoms with Crippen LogP contribution < -0.4 is 16.8 Å². The lowest BCUT2D eigenvalue weighted by Crippen LogP contribution is -2.32. The molecule has 3 nitrogen and oxygen atoms in total. The number of anilines is 2. The summed E-state index contributed by atoms with van der Waals surface area (Å²) >= 11 is 0. The molecule has 3 heteroatoms. The van der Waals surface area contributed by atoms with Gasteiger partial charge >= 0.3 is 0 Å². The molecule has 0 spiro atoms. The number of nitrogen functional groups attached to an aromatic ring is 1. The van der Waals surface area contributed by atoms with Gasteiger partial charge in [0.1, 0.15) is 0 Å². The van der Waals surface area contributed by atoms with Crippen molar-refractivity contribution in [1.82, 2.24) is 0 Å². The van der Waals surface area contributed by atoms with Crippen LogP contribution in [0.3, 0.4) is 0 Å². The van der Waals surface area contributed by atoms with E-state index >= 15 is 0 Å². The molecule has 0 aliphatic heterocycles. The summed E-state index contributed by atoms with van der Waals surface area (Å²) in [7, 11) is 0. The van der Waals surface area contributed by atoms with Crippen LogP contribution in [-0.4, -0.2) is 12.1 Å². The Morgan fingerprint density at radius 1 is 1.07 bits per heavy atom.